The third-order valence-corrected chi connectivity index (χ3v) is 3.21. The number of hydrogen-bond acceptors (Lipinski definition) is 1. The number of aromatic nitrogens is 1. The molecule has 4 aromatic rings. The Labute approximate surface area is 117 Å². The Bertz CT molecular complexity index is 732. The lowest BCUT2D eigenvalue weighted by molar-refractivity contribution is 1.47. The lowest BCUT2D eigenvalue weighted by atomic mass is 10.1. The summed E-state index contributed by atoms with van der Waals surface area (Å²) in [6.45, 7) is 0. The van der Waals surface area contributed by atoms with Gasteiger partial charge in [0.05, 0.1) is 0 Å². The molecule has 0 aliphatic heterocycles. The second kappa shape index (κ2) is 5.49. The van der Waals surface area contributed by atoms with E-state index in [0.717, 1.165) is 11.3 Å². The monoisotopic (exact) mass is 260 g/mol. The number of hydrogen-bond donors (Lipinski definition) is 2. The average molecular weight is 260 g/mol. The maximum atomic E-state index is 5.54. The number of fused-ring (bicyclic) bond motifs is 2. The van der Waals surface area contributed by atoms with Crippen molar-refractivity contribution in [3.63, 3.8) is 0 Å². The van der Waals surface area contributed by atoms with E-state index in [9.17, 15) is 0 Å². The van der Waals surface area contributed by atoms with Crippen molar-refractivity contribution in [1.29, 1.82) is 0 Å². The second-order valence-electron chi connectivity index (χ2n) is 4.66. The lowest BCUT2D eigenvalue weighted by Crippen LogP contribution is -1.80. The topological polar surface area (TPSA) is 41.8 Å². The summed E-state index contributed by atoms with van der Waals surface area (Å²) in [6, 6.07) is 26.7. The van der Waals surface area contributed by atoms with Crippen LogP contribution in [0.2, 0.25) is 0 Å². The zero-order valence-corrected chi connectivity index (χ0v) is 11.1. The first-order valence-corrected chi connectivity index (χ1v) is 6.60. The van der Waals surface area contributed by atoms with Crippen molar-refractivity contribution < 1.29 is 0 Å². The van der Waals surface area contributed by atoms with Crippen molar-refractivity contribution in [2.75, 3.05) is 5.73 Å². The number of aromatic amines is 1. The zero-order chi connectivity index (χ0) is 13.8. The summed E-state index contributed by atoms with van der Waals surface area (Å²) in [5.74, 6) is 0.723. The lowest BCUT2D eigenvalue weighted by Gasteiger charge is -1.92. The number of nitrogens with one attached hydrogen (secondary N) is 1. The first-order chi connectivity index (χ1) is 9.83. The van der Waals surface area contributed by atoms with E-state index in [4.69, 9.17) is 5.73 Å². The highest BCUT2D eigenvalue weighted by molar-refractivity contribution is 5.83. The Balaban J connectivity index is 0.000000121. The standard InChI is InChI=1S/C10H8.C8H8N2/c1-2-6-10-8-4-3-7-9(10)5-1;9-8-5-6-3-1-2-4-7(6)10-8/h1-8H;1-5,10H,9H2. The zero-order valence-electron chi connectivity index (χ0n) is 11.1. The Morgan fingerprint density at radius 3 is 1.55 bits per heavy atom. The van der Waals surface area contributed by atoms with Crippen LogP contribution >= 0.6 is 0 Å². The van der Waals surface area contributed by atoms with Crippen LogP contribution in [0, 0.1) is 0 Å². The Morgan fingerprint density at radius 1 is 0.600 bits per heavy atom. The van der Waals surface area contributed by atoms with Gasteiger partial charge in [-0.2, -0.15) is 0 Å². The molecule has 0 bridgehead atoms. The minimum absolute atomic E-state index is 0.723. The number of para-hydroxylation sites is 1. The van der Waals surface area contributed by atoms with Gasteiger partial charge in [0.25, 0.3) is 0 Å². The fraction of sp³-hybridized carbons (Fsp3) is 0. The van der Waals surface area contributed by atoms with Crippen LogP contribution in [0.1, 0.15) is 0 Å². The molecule has 0 amide bonds. The molecule has 0 unspecified atom stereocenters. The molecule has 98 valence electrons. The van der Waals surface area contributed by atoms with Gasteiger partial charge in [-0.3, -0.25) is 0 Å². The molecule has 2 nitrogen and oxygen atoms in total. The van der Waals surface area contributed by atoms with Crippen LogP contribution in [0.5, 0.6) is 0 Å². The molecule has 0 saturated carbocycles. The molecule has 0 aliphatic carbocycles. The average Bonchev–Trinajstić information content (AvgIpc) is 2.88. The van der Waals surface area contributed by atoms with Crippen LogP contribution < -0.4 is 5.73 Å². The molecule has 1 aromatic heterocycles. The van der Waals surface area contributed by atoms with Crippen LogP contribution in [-0.4, -0.2) is 4.98 Å². The van der Waals surface area contributed by atoms with Crippen LogP contribution in [0.25, 0.3) is 21.7 Å². The summed E-state index contributed by atoms with van der Waals surface area (Å²) in [4.78, 5) is 3.04. The van der Waals surface area contributed by atoms with Crippen LogP contribution in [0.4, 0.5) is 5.82 Å². The fourth-order valence-corrected chi connectivity index (χ4v) is 2.23. The van der Waals surface area contributed by atoms with E-state index in [1.165, 1.54) is 16.2 Å². The van der Waals surface area contributed by atoms with Gasteiger partial charge in [-0.15, -0.1) is 0 Å². The van der Waals surface area contributed by atoms with Crippen molar-refractivity contribution in [2.24, 2.45) is 0 Å². The van der Waals surface area contributed by atoms with Gasteiger partial charge in [0.2, 0.25) is 0 Å². The minimum atomic E-state index is 0.723. The molecule has 3 N–H and O–H groups in total. The van der Waals surface area contributed by atoms with Crippen LogP contribution in [0.15, 0.2) is 78.9 Å². The van der Waals surface area contributed by atoms with Gasteiger partial charge in [0.15, 0.2) is 0 Å². The van der Waals surface area contributed by atoms with Crippen molar-refractivity contribution in [1.82, 2.24) is 4.98 Å². The Hall–Kier alpha value is -2.74. The quantitative estimate of drug-likeness (QED) is 0.477. The van der Waals surface area contributed by atoms with Gasteiger partial charge in [-0.05, 0) is 22.9 Å². The van der Waals surface area contributed by atoms with Gasteiger partial charge in [-0.25, -0.2) is 0 Å². The largest absolute Gasteiger partial charge is 0.385 e. The third-order valence-electron chi connectivity index (χ3n) is 3.21. The molecule has 2 heteroatoms. The van der Waals surface area contributed by atoms with Crippen molar-refractivity contribution in [3.8, 4) is 0 Å². The summed E-state index contributed by atoms with van der Waals surface area (Å²) in [5.41, 5.74) is 6.63. The van der Waals surface area contributed by atoms with Crippen molar-refractivity contribution in [3.05, 3.63) is 78.9 Å². The first kappa shape index (κ1) is 12.3. The number of H-pyrrole nitrogens is 1. The van der Waals surface area contributed by atoms with Gasteiger partial charge in [0.1, 0.15) is 5.82 Å². The smallest absolute Gasteiger partial charge is 0.101 e. The van der Waals surface area contributed by atoms with E-state index in [1.807, 2.05) is 30.3 Å². The predicted molar refractivity (Wildman–Crippen MR) is 86.7 cm³/mol. The van der Waals surface area contributed by atoms with E-state index in [2.05, 4.69) is 53.5 Å². The molecule has 0 atom stereocenters. The molecule has 4 rings (SSSR count). The Morgan fingerprint density at radius 2 is 1.05 bits per heavy atom. The highest BCUT2D eigenvalue weighted by Crippen LogP contribution is 2.14. The first-order valence-electron chi connectivity index (χ1n) is 6.60. The Kier molecular flexibility index (Phi) is 3.38. The number of anilines is 1. The summed E-state index contributed by atoms with van der Waals surface area (Å²) in [7, 11) is 0. The molecule has 0 fully saturated rings. The molecule has 0 spiro atoms. The summed E-state index contributed by atoms with van der Waals surface area (Å²) in [6.07, 6.45) is 0. The maximum absolute atomic E-state index is 5.54. The van der Waals surface area contributed by atoms with Crippen LogP contribution in [0.3, 0.4) is 0 Å². The molecule has 20 heavy (non-hydrogen) atoms. The molecule has 0 saturated heterocycles. The number of nitrogens with two attached hydrogens (primary N) is 1. The van der Waals surface area contributed by atoms with Gasteiger partial charge in [0, 0.05) is 10.9 Å². The SMILES string of the molecule is Nc1cc2ccccc2[nH]1.c1ccc2ccccc2c1. The number of rotatable bonds is 0. The molecule has 0 radical (unpaired) electrons. The molecular formula is C18H16N2. The predicted octanol–water partition coefficient (Wildman–Crippen LogP) is 4.59. The normalized spacial score (nSPS) is 10.2. The van der Waals surface area contributed by atoms with E-state index < -0.39 is 0 Å². The van der Waals surface area contributed by atoms with Gasteiger partial charge >= 0.3 is 0 Å². The molecule has 0 aliphatic rings. The maximum Gasteiger partial charge on any atom is 0.101 e. The van der Waals surface area contributed by atoms with E-state index in [-0.39, 0.29) is 0 Å². The summed E-state index contributed by atoms with van der Waals surface area (Å²) < 4.78 is 0. The summed E-state index contributed by atoms with van der Waals surface area (Å²) >= 11 is 0. The van der Waals surface area contributed by atoms with Crippen LogP contribution in [-0.2, 0) is 0 Å². The molecular weight excluding hydrogens is 244 g/mol. The molecule has 1 heterocycles. The van der Waals surface area contributed by atoms with E-state index >= 15 is 0 Å². The summed E-state index contributed by atoms with van der Waals surface area (Å²) in [5, 5.41) is 3.79. The van der Waals surface area contributed by atoms with Gasteiger partial charge in [-0.1, -0.05) is 66.7 Å². The van der Waals surface area contributed by atoms with E-state index in [1.54, 1.807) is 0 Å². The second-order valence-corrected chi connectivity index (χ2v) is 4.66. The highest BCUT2D eigenvalue weighted by Gasteiger charge is 1.92. The van der Waals surface area contributed by atoms with Gasteiger partial charge < -0.3 is 10.7 Å². The van der Waals surface area contributed by atoms with Crippen molar-refractivity contribution in [2.45, 2.75) is 0 Å². The molecule has 3 aromatic carbocycles. The highest BCUT2D eigenvalue weighted by atomic mass is 14.8. The third kappa shape index (κ3) is 2.64. The number of benzene rings is 3. The van der Waals surface area contributed by atoms with E-state index in [0.29, 0.717) is 0 Å². The minimum Gasteiger partial charge on any atom is -0.385 e. The number of nitrogen functional groups attached to an aromatic ring is 1. The fourth-order valence-electron chi connectivity index (χ4n) is 2.23. The van der Waals surface area contributed by atoms with Crippen molar-refractivity contribution >= 4 is 27.5 Å².